The third-order valence-electron chi connectivity index (χ3n) is 0.829. The number of ether oxygens (including phenoxy) is 1. The molecule has 0 aliphatic carbocycles. The van der Waals surface area contributed by atoms with E-state index in [9.17, 15) is 13.6 Å². The van der Waals surface area contributed by atoms with Crippen molar-refractivity contribution in [1.82, 2.24) is 5.32 Å². The molecule has 0 radical (unpaired) electrons. The minimum absolute atomic E-state index is 0.346. The lowest BCUT2D eigenvalue weighted by Gasteiger charge is -1.85. The summed E-state index contributed by atoms with van der Waals surface area (Å²) in [5.74, 6) is 0. The Kier molecular flexibility index (Phi) is 1.33. The smallest absolute Gasteiger partial charge is 0.412 e. The zero-order valence-electron chi connectivity index (χ0n) is 4.28. The second-order valence-electron chi connectivity index (χ2n) is 1.44. The average molecular weight is 135 g/mol. The summed E-state index contributed by atoms with van der Waals surface area (Å²) in [5.41, 5.74) is -0.444. The summed E-state index contributed by atoms with van der Waals surface area (Å²) in [6, 6.07) is 0. The number of alkyl carbamates (subject to hydrolysis) is 1. The molecule has 0 aromatic carbocycles. The van der Waals surface area contributed by atoms with Crippen LogP contribution in [0.2, 0.25) is 0 Å². The molecule has 1 aliphatic rings. The Labute approximate surface area is 49.3 Å². The molecule has 0 bridgehead atoms. The van der Waals surface area contributed by atoms with E-state index >= 15 is 0 Å². The van der Waals surface area contributed by atoms with Crippen molar-refractivity contribution >= 4 is 6.09 Å². The van der Waals surface area contributed by atoms with Crippen molar-refractivity contribution in [2.24, 2.45) is 0 Å². The fraction of sp³-hybridized carbons (Fsp3) is 0.250. The molecule has 1 saturated heterocycles. The molecule has 1 amide bonds. The molecule has 3 nitrogen and oxygen atoms in total. The van der Waals surface area contributed by atoms with Crippen molar-refractivity contribution in [2.75, 3.05) is 6.61 Å². The number of nitrogens with one attached hydrogen (secondary N) is 1. The fourth-order valence-corrected chi connectivity index (χ4v) is 0.435. The summed E-state index contributed by atoms with van der Waals surface area (Å²) < 4.78 is 27.1. The number of hydrogen-bond acceptors (Lipinski definition) is 2. The van der Waals surface area contributed by atoms with Crippen LogP contribution in [0.4, 0.5) is 13.6 Å². The molecule has 50 valence electrons. The number of carbonyl (C=O) groups excluding carboxylic acids is 1. The van der Waals surface area contributed by atoms with Gasteiger partial charge in [-0.15, -0.1) is 0 Å². The molecule has 0 saturated carbocycles. The van der Waals surface area contributed by atoms with Crippen LogP contribution in [-0.2, 0) is 4.74 Å². The van der Waals surface area contributed by atoms with Gasteiger partial charge in [-0.3, -0.25) is 5.32 Å². The SMILES string of the molecule is O=C1NC(=C(F)F)CO1. The molecule has 5 heteroatoms. The van der Waals surface area contributed by atoms with Gasteiger partial charge in [0.15, 0.2) is 0 Å². The van der Waals surface area contributed by atoms with E-state index in [0.717, 1.165) is 0 Å². The molecule has 0 spiro atoms. The van der Waals surface area contributed by atoms with Crippen LogP contribution >= 0.6 is 0 Å². The summed E-state index contributed by atoms with van der Waals surface area (Å²) in [5, 5.41) is 1.82. The molecule has 1 N–H and O–H groups in total. The first-order valence-electron chi connectivity index (χ1n) is 2.18. The lowest BCUT2D eigenvalue weighted by Crippen LogP contribution is -2.11. The number of amides is 1. The molecule has 9 heavy (non-hydrogen) atoms. The summed E-state index contributed by atoms with van der Waals surface area (Å²) >= 11 is 0. The highest BCUT2D eigenvalue weighted by atomic mass is 19.3. The molecule has 0 aromatic heterocycles. The van der Waals surface area contributed by atoms with Crippen molar-refractivity contribution in [3.8, 4) is 0 Å². The minimum Gasteiger partial charge on any atom is -0.443 e. The minimum atomic E-state index is -1.90. The molecule has 0 unspecified atom stereocenters. The number of hydrogen-bond donors (Lipinski definition) is 1. The van der Waals surface area contributed by atoms with E-state index in [1.807, 2.05) is 5.32 Å². The number of carbonyl (C=O) groups is 1. The zero-order chi connectivity index (χ0) is 6.85. The van der Waals surface area contributed by atoms with Gasteiger partial charge < -0.3 is 4.74 Å². The van der Waals surface area contributed by atoms with E-state index in [1.165, 1.54) is 0 Å². The topological polar surface area (TPSA) is 38.3 Å². The first kappa shape index (κ1) is 6.00. The molecular formula is C4H3F2NO2. The van der Waals surface area contributed by atoms with E-state index in [0.29, 0.717) is 0 Å². The third-order valence-corrected chi connectivity index (χ3v) is 0.829. The van der Waals surface area contributed by atoms with Crippen LogP contribution in [0.15, 0.2) is 11.8 Å². The lowest BCUT2D eigenvalue weighted by molar-refractivity contribution is 0.179. The Morgan fingerprint density at radius 3 is 2.56 bits per heavy atom. The lowest BCUT2D eigenvalue weighted by atomic mass is 10.5. The number of rotatable bonds is 0. The predicted molar refractivity (Wildman–Crippen MR) is 23.7 cm³/mol. The van der Waals surface area contributed by atoms with Crippen molar-refractivity contribution in [2.45, 2.75) is 0 Å². The van der Waals surface area contributed by atoms with Gasteiger partial charge in [-0.05, 0) is 0 Å². The highest BCUT2D eigenvalue weighted by Crippen LogP contribution is 2.09. The van der Waals surface area contributed by atoms with Gasteiger partial charge >= 0.3 is 6.09 Å². The van der Waals surface area contributed by atoms with Crippen LogP contribution < -0.4 is 5.32 Å². The summed E-state index contributed by atoms with van der Waals surface area (Å²) in [6.45, 7) is -0.346. The Morgan fingerprint density at radius 2 is 2.33 bits per heavy atom. The van der Waals surface area contributed by atoms with Crippen molar-refractivity contribution < 1.29 is 18.3 Å². The summed E-state index contributed by atoms with van der Waals surface area (Å²) in [7, 11) is 0. The normalized spacial score (nSPS) is 17.1. The average Bonchev–Trinajstić information content (AvgIpc) is 2.14. The first-order valence-corrected chi connectivity index (χ1v) is 2.18. The summed E-state index contributed by atoms with van der Waals surface area (Å²) in [6.07, 6.45) is -2.72. The predicted octanol–water partition coefficient (Wildman–Crippen LogP) is 0.834. The summed E-state index contributed by atoms with van der Waals surface area (Å²) in [4.78, 5) is 10.1. The molecular weight excluding hydrogens is 132 g/mol. The maximum absolute atomic E-state index is 11.5. The van der Waals surface area contributed by atoms with Gasteiger partial charge in [-0.1, -0.05) is 0 Å². The standard InChI is InChI=1S/C4H3F2NO2/c5-3(6)2-1-9-4(8)7-2/h1H2,(H,7,8). The first-order chi connectivity index (χ1) is 4.20. The Balaban J connectivity index is 2.69. The monoisotopic (exact) mass is 135 g/mol. The van der Waals surface area contributed by atoms with Gasteiger partial charge in [0.1, 0.15) is 12.3 Å². The van der Waals surface area contributed by atoms with E-state index in [1.54, 1.807) is 0 Å². The van der Waals surface area contributed by atoms with E-state index in [-0.39, 0.29) is 6.61 Å². The Morgan fingerprint density at radius 1 is 1.67 bits per heavy atom. The Bertz CT molecular complexity index is 173. The van der Waals surface area contributed by atoms with Crippen LogP contribution in [-0.4, -0.2) is 12.7 Å². The molecule has 1 rings (SSSR count). The van der Waals surface area contributed by atoms with E-state index in [2.05, 4.69) is 4.74 Å². The maximum Gasteiger partial charge on any atom is 0.412 e. The zero-order valence-corrected chi connectivity index (χ0v) is 4.28. The fourth-order valence-electron chi connectivity index (χ4n) is 0.435. The van der Waals surface area contributed by atoms with Crippen molar-refractivity contribution in [3.63, 3.8) is 0 Å². The van der Waals surface area contributed by atoms with Gasteiger partial charge in [0.05, 0.1) is 0 Å². The molecule has 1 heterocycles. The molecule has 0 atom stereocenters. The second-order valence-corrected chi connectivity index (χ2v) is 1.44. The van der Waals surface area contributed by atoms with E-state index in [4.69, 9.17) is 0 Å². The van der Waals surface area contributed by atoms with Crippen molar-refractivity contribution in [3.05, 3.63) is 11.8 Å². The van der Waals surface area contributed by atoms with Gasteiger partial charge in [-0.25, -0.2) is 4.79 Å². The number of cyclic esters (lactones) is 1. The van der Waals surface area contributed by atoms with Gasteiger partial charge in [-0.2, -0.15) is 8.78 Å². The van der Waals surface area contributed by atoms with Gasteiger partial charge in [0.25, 0.3) is 6.08 Å². The van der Waals surface area contributed by atoms with Gasteiger partial charge in [0, 0.05) is 0 Å². The second kappa shape index (κ2) is 2.00. The highest BCUT2D eigenvalue weighted by Gasteiger charge is 2.19. The van der Waals surface area contributed by atoms with Crippen molar-refractivity contribution in [1.29, 1.82) is 0 Å². The van der Waals surface area contributed by atoms with Crippen LogP contribution in [0.3, 0.4) is 0 Å². The van der Waals surface area contributed by atoms with Crippen LogP contribution in [0.5, 0.6) is 0 Å². The molecule has 0 aromatic rings. The van der Waals surface area contributed by atoms with Crippen LogP contribution in [0, 0.1) is 0 Å². The maximum atomic E-state index is 11.5. The number of halogens is 2. The van der Waals surface area contributed by atoms with Crippen LogP contribution in [0.1, 0.15) is 0 Å². The highest BCUT2D eigenvalue weighted by molar-refractivity contribution is 5.72. The molecule has 1 fully saturated rings. The Hall–Kier alpha value is -1.13. The van der Waals surface area contributed by atoms with Crippen LogP contribution in [0.25, 0.3) is 0 Å². The molecule has 1 aliphatic heterocycles. The van der Waals surface area contributed by atoms with E-state index < -0.39 is 17.9 Å². The third kappa shape index (κ3) is 1.16. The largest absolute Gasteiger partial charge is 0.443 e. The van der Waals surface area contributed by atoms with Gasteiger partial charge in [0.2, 0.25) is 0 Å². The quantitative estimate of drug-likeness (QED) is 0.534.